The molecule has 0 bridgehead atoms. The second-order valence-electron chi connectivity index (χ2n) is 6.36. The van der Waals surface area contributed by atoms with Crippen LogP contribution < -0.4 is 20.3 Å². The molecule has 0 unspecified atom stereocenters. The van der Waals surface area contributed by atoms with Crippen LogP contribution >= 0.6 is 11.6 Å². The topological polar surface area (TPSA) is 87.7 Å². The van der Waals surface area contributed by atoms with Crippen LogP contribution in [0.1, 0.15) is 19.8 Å². The molecule has 3 rings (SSSR count). The number of rotatable bonds is 6. The molecule has 2 aromatic rings. The first-order chi connectivity index (χ1) is 13.4. The fraction of sp³-hybridized carbons (Fsp3) is 0.250. The van der Waals surface area contributed by atoms with Crippen molar-refractivity contribution in [2.45, 2.75) is 19.8 Å². The number of nitrogens with one attached hydrogen (secondary N) is 2. The van der Waals surface area contributed by atoms with Crippen LogP contribution in [0.25, 0.3) is 0 Å². The van der Waals surface area contributed by atoms with E-state index >= 15 is 0 Å². The smallest absolute Gasteiger partial charge is 0.262 e. The van der Waals surface area contributed by atoms with Gasteiger partial charge in [-0.05, 0) is 48.9 Å². The molecule has 0 atom stereocenters. The summed E-state index contributed by atoms with van der Waals surface area (Å²) >= 11 is 6.13. The monoisotopic (exact) mass is 401 g/mol. The summed E-state index contributed by atoms with van der Waals surface area (Å²) in [4.78, 5) is 36.7. The van der Waals surface area contributed by atoms with Gasteiger partial charge in [0.2, 0.25) is 11.8 Å². The Balaban J connectivity index is 1.53. The Bertz CT molecular complexity index is 899. The van der Waals surface area contributed by atoms with E-state index in [1.165, 1.54) is 6.92 Å². The molecule has 1 fully saturated rings. The summed E-state index contributed by atoms with van der Waals surface area (Å²) in [6.45, 7) is 1.94. The van der Waals surface area contributed by atoms with E-state index in [-0.39, 0.29) is 24.3 Å². The van der Waals surface area contributed by atoms with Gasteiger partial charge < -0.3 is 20.3 Å². The van der Waals surface area contributed by atoms with E-state index in [0.29, 0.717) is 28.6 Å². The molecular weight excluding hydrogens is 382 g/mol. The molecule has 0 radical (unpaired) electrons. The second kappa shape index (κ2) is 8.75. The lowest BCUT2D eigenvalue weighted by Gasteiger charge is -2.16. The summed E-state index contributed by atoms with van der Waals surface area (Å²) in [5.74, 6) is 0.0708. The van der Waals surface area contributed by atoms with E-state index in [1.54, 1.807) is 47.4 Å². The van der Waals surface area contributed by atoms with Crippen LogP contribution in [0, 0.1) is 0 Å². The zero-order chi connectivity index (χ0) is 20.1. The quantitative estimate of drug-likeness (QED) is 0.776. The second-order valence-corrected chi connectivity index (χ2v) is 6.76. The fourth-order valence-electron chi connectivity index (χ4n) is 2.88. The predicted molar refractivity (Wildman–Crippen MR) is 108 cm³/mol. The molecule has 3 amide bonds. The van der Waals surface area contributed by atoms with Crippen molar-refractivity contribution in [3.05, 3.63) is 47.5 Å². The number of carbonyl (C=O) groups is 3. The molecule has 28 heavy (non-hydrogen) atoms. The zero-order valence-electron chi connectivity index (χ0n) is 15.3. The molecule has 0 spiro atoms. The average Bonchev–Trinajstić information content (AvgIpc) is 3.08. The van der Waals surface area contributed by atoms with Crippen molar-refractivity contribution in [1.29, 1.82) is 0 Å². The van der Waals surface area contributed by atoms with Crippen molar-refractivity contribution in [3.63, 3.8) is 0 Å². The number of halogens is 1. The van der Waals surface area contributed by atoms with Gasteiger partial charge in [-0.2, -0.15) is 0 Å². The van der Waals surface area contributed by atoms with Crippen molar-refractivity contribution in [2.24, 2.45) is 0 Å². The first-order valence-electron chi connectivity index (χ1n) is 8.82. The summed E-state index contributed by atoms with van der Waals surface area (Å²) in [6.07, 6.45) is 1.44. The largest absolute Gasteiger partial charge is 0.484 e. The van der Waals surface area contributed by atoms with Gasteiger partial charge >= 0.3 is 0 Å². The number of carbonyl (C=O) groups excluding carboxylic acids is 3. The minimum absolute atomic E-state index is 0.120. The van der Waals surface area contributed by atoms with Crippen LogP contribution in [0.3, 0.4) is 0 Å². The summed E-state index contributed by atoms with van der Waals surface area (Å²) in [6, 6.07) is 11.8. The minimum Gasteiger partial charge on any atom is -0.484 e. The van der Waals surface area contributed by atoms with Crippen LogP contribution in [-0.2, 0) is 14.4 Å². The van der Waals surface area contributed by atoms with Crippen molar-refractivity contribution >= 4 is 46.4 Å². The molecular formula is C20H20ClN3O4. The maximum absolute atomic E-state index is 12.1. The molecule has 1 aliphatic rings. The lowest BCUT2D eigenvalue weighted by molar-refractivity contribution is -0.118. The van der Waals surface area contributed by atoms with Crippen molar-refractivity contribution < 1.29 is 19.1 Å². The molecule has 1 saturated heterocycles. The van der Waals surface area contributed by atoms with Crippen molar-refractivity contribution in [3.8, 4) is 5.75 Å². The predicted octanol–water partition coefficient (Wildman–Crippen LogP) is 3.44. The minimum atomic E-state index is -0.368. The van der Waals surface area contributed by atoms with Gasteiger partial charge in [-0.15, -0.1) is 0 Å². The molecule has 2 aromatic carbocycles. The summed E-state index contributed by atoms with van der Waals surface area (Å²) in [5.41, 5.74) is 1.79. The third-order valence-electron chi connectivity index (χ3n) is 4.16. The molecule has 1 aliphatic heterocycles. The first kappa shape index (κ1) is 19.7. The van der Waals surface area contributed by atoms with Crippen molar-refractivity contribution in [1.82, 2.24) is 0 Å². The summed E-state index contributed by atoms with van der Waals surface area (Å²) in [5, 5.41) is 5.58. The Morgan fingerprint density at radius 2 is 1.89 bits per heavy atom. The number of ether oxygens (including phenoxy) is 1. The van der Waals surface area contributed by atoms with E-state index < -0.39 is 0 Å². The molecule has 0 aliphatic carbocycles. The van der Waals surface area contributed by atoms with E-state index in [4.69, 9.17) is 16.3 Å². The van der Waals surface area contributed by atoms with Gasteiger partial charge in [0.05, 0.1) is 10.7 Å². The third-order valence-corrected chi connectivity index (χ3v) is 4.47. The molecule has 8 heteroatoms. The van der Waals surface area contributed by atoms with Crippen molar-refractivity contribution in [2.75, 3.05) is 28.7 Å². The summed E-state index contributed by atoms with van der Waals surface area (Å²) in [7, 11) is 0. The highest BCUT2D eigenvalue weighted by molar-refractivity contribution is 6.34. The van der Waals surface area contributed by atoms with Gasteiger partial charge in [-0.25, -0.2) is 0 Å². The van der Waals surface area contributed by atoms with E-state index in [2.05, 4.69) is 10.6 Å². The Hall–Kier alpha value is -3.06. The number of hydrogen-bond donors (Lipinski definition) is 2. The zero-order valence-corrected chi connectivity index (χ0v) is 16.1. The van der Waals surface area contributed by atoms with Crippen LogP contribution in [0.15, 0.2) is 42.5 Å². The van der Waals surface area contributed by atoms with Crippen LogP contribution in [0.4, 0.5) is 17.1 Å². The van der Waals surface area contributed by atoms with Crippen LogP contribution in [0.5, 0.6) is 5.75 Å². The maximum Gasteiger partial charge on any atom is 0.262 e. The fourth-order valence-corrected chi connectivity index (χ4v) is 3.10. The normalized spacial score (nSPS) is 13.4. The molecule has 0 aromatic heterocycles. The standard InChI is InChI=1S/C20H20ClN3O4/c1-13(25)22-14-4-9-18(17(21)11-14)23-19(26)12-28-16-7-5-15(6-8-16)24-10-2-3-20(24)27/h4-9,11H,2-3,10,12H2,1H3,(H,22,25)(H,23,26). The number of amides is 3. The van der Waals surface area contributed by atoms with E-state index in [1.807, 2.05) is 0 Å². The van der Waals surface area contributed by atoms with Gasteiger partial charge in [0.25, 0.3) is 5.91 Å². The third kappa shape index (κ3) is 5.01. The molecule has 7 nitrogen and oxygen atoms in total. The number of hydrogen-bond acceptors (Lipinski definition) is 4. The highest BCUT2D eigenvalue weighted by Gasteiger charge is 2.21. The highest BCUT2D eigenvalue weighted by Crippen LogP contribution is 2.26. The van der Waals surface area contributed by atoms with Gasteiger partial charge in [-0.1, -0.05) is 11.6 Å². The highest BCUT2D eigenvalue weighted by atomic mass is 35.5. The molecule has 1 heterocycles. The lowest BCUT2D eigenvalue weighted by atomic mass is 10.2. The van der Waals surface area contributed by atoms with Gasteiger partial charge in [0.1, 0.15) is 5.75 Å². The van der Waals surface area contributed by atoms with Gasteiger partial charge in [0.15, 0.2) is 6.61 Å². The Morgan fingerprint density at radius 3 is 2.50 bits per heavy atom. The number of nitrogens with zero attached hydrogens (tertiary/aromatic N) is 1. The Morgan fingerprint density at radius 1 is 1.14 bits per heavy atom. The van der Waals surface area contributed by atoms with E-state index in [0.717, 1.165) is 18.7 Å². The van der Waals surface area contributed by atoms with Crippen LogP contribution in [0.2, 0.25) is 5.02 Å². The average molecular weight is 402 g/mol. The lowest BCUT2D eigenvalue weighted by Crippen LogP contribution is -2.23. The number of benzene rings is 2. The number of anilines is 3. The van der Waals surface area contributed by atoms with Gasteiger partial charge in [0, 0.05) is 31.3 Å². The molecule has 2 N–H and O–H groups in total. The maximum atomic E-state index is 12.1. The van der Waals surface area contributed by atoms with Crippen LogP contribution in [-0.4, -0.2) is 30.9 Å². The Labute approximate surface area is 167 Å². The van der Waals surface area contributed by atoms with E-state index in [9.17, 15) is 14.4 Å². The SMILES string of the molecule is CC(=O)Nc1ccc(NC(=O)COc2ccc(N3CCCC3=O)cc2)c(Cl)c1. The first-order valence-corrected chi connectivity index (χ1v) is 9.20. The molecule has 146 valence electrons. The van der Waals surface area contributed by atoms with Gasteiger partial charge in [-0.3, -0.25) is 14.4 Å². The molecule has 0 saturated carbocycles. The summed E-state index contributed by atoms with van der Waals surface area (Å²) < 4.78 is 5.49. The Kier molecular flexibility index (Phi) is 6.16.